The summed E-state index contributed by atoms with van der Waals surface area (Å²) in [6.45, 7) is 0.127. The van der Waals surface area contributed by atoms with Gasteiger partial charge in [0, 0.05) is 12.4 Å². The van der Waals surface area contributed by atoms with Crippen LogP contribution in [0.5, 0.6) is 0 Å². The Hall–Kier alpha value is -2.31. The minimum atomic E-state index is -0.181. The van der Waals surface area contributed by atoms with Gasteiger partial charge in [-0.05, 0) is 0 Å². The molecule has 78 valence electrons. The monoisotopic (exact) mass is 206 g/mol. The molecule has 0 aliphatic rings. The van der Waals surface area contributed by atoms with Crippen LogP contribution in [0.4, 0.5) is 11.4 Å². The maximum Gasteiger partial charge on any atom is 0.246 e. The van der Waals surface area contributed by atoms with Crippen molar-refractivity contribution < 1.29 is 4.79 Å². The summed E-state index contributed by atoms with van der Waals surface area (Å²) in [5, 5.41) is 12.8. The van der Waals surface area contributed by atoms with Crippen molar-refractivity contribution in [2.75, 3.05) is 11.1 Å². The number of nitrogens with one attached hydrogen (secondary N) is 2. The number of hydrogen-bond donors (Lipinski definition) is 3. The Labute approximate surface area is 85.3 Å². The van der Waals surface area contributed by atoms with E-state index in [0.717, 1.165) is 0 Å². The number of H-pyrrole nitrogens is 1. The van der Waals surface area contributed by atoms with Crippen molar-refractivity contribution in [2.45, 2.75) is 6.54 Å². The number of nitrogen functional groups attached to an aromatic ring is 1. The highest BCUT2D eigenvalue weighted by Crippen LogP contribution is 2.02. The number of rotatable bonds is 3. The highest BCUT2D eigenvalue weighted by Gasteiger charge is 2.04. The Kier molecular flexibility index (Phi) is 2.36. The fraction of sp³-hybridized carbons (Fsp3) is 0.125. The van der Waals surface area contributed by atoms with E-state index in [1.807, 2.05) is 0 Å². The highest BCUT2D eigenvalue weighted by atomic mass is 16.2. The lowest BCUT2D eigenvalue weighted by molar-refractivity contribution is -0.116. The number of aromatic nitrogens is 4. The van der Waals surface area contributed by atoms with Crippen molar-refractivity contribution in [2.24, 2.45) is 0 Å². The predicted molar refractivity (Wildman–Crippen MR) is 53.9 cm³/mol. The molecule has 0 radical (unpaired) electrons. The van der Waals surface area contributed by atoms with Gasteiger partial charge in [0.1, 0.15) is 6.54 Å². The van der Waals surface area contributed by atoms with E-state index in [1.165, 1.54) is 17.1 Å². The summed E-state index contributed by atoms with van der Waals surface area (Å²) >= 11 is 0. The molecule has 2 rings (SSSR count). The van der Waals surface area contributed by atoms with Crippen LogP contribution < -0.4 is 11.1 Å². The standard InChI is InChI=1S/C8H10N6O/c9-6-1-12-14(4-6)5-8(15)13-7-2-10-11-3-7/h1-4H,5,9H2,(H,10,11)(H,13,15). The van der Waals surface area contributed by atoms with Gasteiger partial charge in [-0.1, -0.05) is 0 Å². The Bertz CT molecular complexity index is 445. The first kappa shape index (κ1) is 9.25. The van der Waals surface area contributed by atoms with E-state index in [2.05, 4.69) is 20.6 Å². The van der Waals surface area contributed by atoms with Crippen LogP contribution in [0.2, 0.25) is 0 Å². The number of carbonyl (C=O) groups excluding carboxylic acids is 1. The average molecular weight is 206 g/mol. The van der Waals surface area contributed by atoms with E-state index < -0.39 is 0 Å². The molecule has 0 unspecified atom stereocenters. The van der Waals surface area contributed by atoms with Crippen LogP contribution in [0.15, 0.2) is 24.8 Å². The lowest BCUT2D eigenvalue weighted by Gasteiger charge is -2.01. The molecule has 7 heteroatoms. The number of aromatic amines is 1. The second-order valence-corrected chi connectivity index (χ2v) is 3.01. The summed E-state index contributed by atoms with van der Waals surface area (Å²) in [5.41, 5.74) is 6.62. The summed E-state index contributed by atoms with van der Waals surface area (Å²) in [6.07, 6.45) is 6.20. The molecule has 2 aromatic rings. The molecule has 0 aromatic carbocycles. The molecule has 0 spiro atoms. The Morgan fingerprint density at radius 2 is 2.47 bits per heavy atom. The zero-order valence-corrected chi connectivity index (χ0v) is 7.84. The number of nitrogens with two attached hydrogens (primary N) is 1. The number of hydrogen-bond acceptors (Lipinski definition) is 4. The summed E-state index contributed by atoms with van der Waals surface area (Å²) in [4.78, 5) is 11.4. The molecule has 0 bridgehead atoms. The van der Waals surface area contributed by atoms with Gasteiger partial charge >= 0.3 is 0 Å². The van der Waals surface area contributed by atoms with E-state index >= 15 is 0 Å². The minimum Gasteiger partial charge on any atom is -0.396 e. The molecule has 2 aromatic heterocycles. The molecule has 0 fully saturated rings. The number of anilines is 2. The number of carbonyl (C=O) groups is 1. The fourth-order valence-electron chi connectivity index (χ4n) is 1.13. The first-order chi connectivity index (χ1) is 7.24. The van der Waals surface area contributed by atoms with Crippen molar-refractivity contribution in [3.8, 4) is 0 Å². The summed E-state index contributed by atoms with van der Waals surface area (Å²) in [5.74, 6) is -0.181. The molecule has 0 saturated carbocycles. The van der Waals surface area contributed by atoms with Crippen molar-refractivity contribution in [3.05, 3.63) is 24.8 Å². The second-order valence-electron chi connectivity index (χ2n) is 3.01. The normalized spacial score (nSPS) is 10.1. The van der Waals surface area contributed by atoms with Gasteiger partial charge in [0.05, 0.1) is 23.8 Å². The molecule has 4 N–H and O–H groups in total. The lowest BCUT2D eigenvalue weighted by atomic mass is 10.5. The van der Waals surface area contributed by atoms with Crippen LogP contribution >= 0.6 is 0 Å². The quantitative estimate of drug-likeness (QED) is 0.648. The van der Waals surface area contributed by atoms with Gasteiger partial charge in [0.15, 0.2) is 0 Å². The van der Waals surface area contributed by atoms with E-state index in [1.54, 1.807) is 12.4 Å². The molecule has 2 heterocycles. The van der Waals surface area contributed by atoms with Crippen molar-refractivity contribution >= 4 is 17.3 Å². The Morgan fingerprint density at radius 1 is 1.60 bits per heavy atom. The molecular weight excluding hydrogens is 196 g/mol. The molecular formula is C8H10N6O. The minimum absolute atomic E-state index is 0.127. The van der Waals surface area contributed by atoms with Crippen molar-refractivity contribution in [1.82, 2.24) is 20.0 Å². The van der Waals surface area contributed by atoms with E-state index in [4.69, 9.17) is 5.73 Å². The maximum atomic E-state index is 11.4. The van der Waals surface area contributed by atoms with Crippen molar-refractivity contribution in [1.29, 1.82) is 0 Å². The largest absolute Gasteiger partial charge is 0.396 e. The Morgan fingerprint density at radius 3 is 3.07 bits per heavy atom. The lowest BCUT2D eigenvalue weighted by Crippen LogP contribution is -2.18. The average Bonchev–Trinajstić information content (AvgIpc) is 2.77. The zero-order chi connectivity index (χ0) is 10.7. The third-order valence-corrected chi connectivity index (χ3v) is 1.74. The molecule has 7 nitrogen and oxygen atoms in total. The third kappa shape index (κ3) is 2.33. The van der Waals surface area contributed by atoms with Crippen LogP contribution in [0.25, 0.3) is 0 Å². The van der Waals surface area contributed by atoms with E-state index in [9.17, 15) is 4.79 Å². The van der Waals surface area contributed by atoms with Crippen LogP contribution in [0.1, 0.15) is 0 Å². The van der Waals surface area contributed by atoms with Gasteiger partial charge in [-0.15, -0.1) is 0 Å². The van der Waals surface area contributed by atoms with Gasteiger partial charge < -0.3 is 11.1 Å². The first-order valence-electron chi connectivity index (χ1n) is 4.30. The number of nitrogens with zero attached hydrogens (tertiary/aromatic N) is 3. The Balaban J connectivity index is 1.93. The van der Waals surface area contributed by atoms with E-state index in [-0.39, 0.29) is 12.5 Å². The fourth-order valence-corrected chi connectivity index (χ4v) is 1.13. The van der Waals surface area contributed by atoms with Gasteiger partial charge in [-0.25, -0.2) is 0 Å². The SMILES string of the molecule is Nc1cnn(CC(=O)Nc2cn[nH]c2)c1. The van der Waals surface area contributed by atoms with Crippen molar-refractivity contribution in [3.63, 3.8) is 0 Å². The van der Waals surface area contributed by atoms with Crippen LogP contribution in [-0.2, 0) is 11.3 Å². The van der Waals surface area contributed by atoms with Gasteiger partial charge in [0.2, 0.25) is 5.91 Å². The van der Waals surface area contributed by atoms with Gasteiger partial charge in [-0.3, -0.25) is 14.6 Å². The van der Waals surface area contributed by atoms with E-state index in [0.29, 0.717) is 11.4 Å². The molecule has 0 aliphatic heterocycles. The summed E-state index contributed by atoms with van der Waals surface area (Å²) < 4.78 is 1.46. The smallest absolute Gasteiger partial charge is 0.246 e. The van der Waals surface area contributed by atoms with Crippen LogP contribution in [-0.4, -0.2) is 25.9 Å². The molecule has 15 heavy (non-hydrogen) atoms. The number of amides is 1. The van der Waals surface area contributed by atoms with Crippen LogP contribution in [0, 0.1) is 0 Å². The molecule has 0 atom stereocenters. The topological polar surface area (TPSA) is 102 Å². The third-order valence-electron chi connectivity index (χ3n) is 1.74. The zero-order valence-electron chi connectivity index (χ0n) is 7.84. The molecule has 0 aliphatic carbocycles. The summed E-state index contributed by atoms with van der Waals surface area (Å²) in [6, 6.07) is 0. The summed E-state index contributed by atoms with van der Waals surface area (Å²) in [7, 11) is 0. The highest BCUT2D eigenvalue weighted by molar-refractivity contribution is 5.90. The van der Waals surface area contributed by atoms with Crippen LogP contribution in [0.3, 0.4) is 0 Å². The maximum absolute atomic E-state index is 11.4. The second kappa shape index (κ2) is 3.82. The molecule has 1 amide bonds. The molecule has 0 saturated heterocycles. The van der Waals surface area contributed by atoms with Gasteiger partial charge in [0.25, 0.3) is 0 Å². The first-order valence-corrected chi connectivity index (χ1v) is 4.30. The predicted octanol–water partition coefficient (Wildman–Crippen LogP) is -0.173. The van der Waals surface area contributed by atoms with Gasteiger partial charge in [-0.2, -0.15) is 10.2 Å².